The van der Waals surface area contributed by atoms with Crippen molar-refractivity contribution in [1.29, 1.82) is 0 Å². The lowest BCUT2D eigenvalue weighted by Crippen LogP contribution is -2.27. The summed E-state index contributed by atoms with van der Waals surface area (Å²) in [6.07, 6.45) is 2.75. The van der Waals surface area contributed by atoms with Crippen LogP contribution in [0.15, 0.2) is 53.1 Å². The van der Waals surface area contributed by atoms with Gasteiger partial charge in [-0.1, -0.05) is 37.3 Å². The molecule has 1 atom stereocenters. The molecule has 1 unspecified atom stereocenters. The molecule has 2 aromatic rings. The van der Waals surface area contributed by atoms with Crippen molar-refractivity contribution in [1.82, 2.24) is 5.32 Å². The minimum Gasteiger partial charge on any atom is -0.469 e. The number of furan rings is 1. The Balaban J connectivity index is 1.71. The normalized spacial score (nSPS) is 12.1. The molecule has 0 saturated carbocycles. The van der Waals surface area contributed by atoms with Crippen LogP contribution in [0, 0.1) is 0 Å². The first kappa shape index (κ1) is 13.4. The number of aryl methyl sites for hydroxylation is 1. The standard InChI is InChI=1S/C16H19NO2/c1-13(14-6-3-2-4-7-14)12-17-16(18)10-9-15-8-5-11-19-15/h2-8,11,13H,9-10,12H2,1H3,(H,17,18). The summed E-state index contributed by atoms with van der Waals surface area (Å²) in [4.78, 5) is 11.7. The lowest BCUT2D eigenvalue weighted by molar-refractivity contribution is -0.121. The van der Waals surface area contributed by atoms with E-state index in [4.69, 9.17) is 4.42 Å². The average Bonchev–Trinajstić information content (AvgIpc) is 2.96. The van der Waals surface area contributed by atoms with Crippen LogP contribution in [0.3, 0.4) is 0 Å². The molecule has 0 fully saturated rings. The molecule has 100 valence electrons. The third kappa shape index (κ3) is 4.28. The smallest absolute Gasteiger partial charge is 0.220 e. The zero-order chi connectivity index (χ0) is 13.5. The van der Waals surface area contributed by atoms with Gasteiger partial charge in [-0.3, -0.25) is 4.79 Å². The highest BCUT2D eigenvalue weighted by atomic mass is 16.3. The van der Waals surface area contributed by atoms with Gasteiger partial charge in [0.1, 0.15) is 5.76 Å². The average molecular weight is 257 g/mol. The lowest BCUT2D eigenvalue weighted by Gasteiger charge is -2.12. The van der Waals surface area contributed by atoms with E-state index in [1.807, 2.05) is 30.3 Å². The molecule has 2 rings (SSSR count). The van der Waals surface area contributed by atoms with Crippen molar-refractivity contribution in [3.8, 4) is 0 Å². The van der Waals surface area contributed by atoms with E-state index < -0.39 is 0 Å². The quantitative estimate of drug-likeness (QED) is 0.863. The molecule has 0 aliphatic heterocycles. The number of rotatable bonds is 6. The van der Waals surface area contributed by atoms with Gasteiger partial charge >= 0.3 is 0 Å². The van der Waals surface area contributed by atoms with Gasteiger partial charge in [0.15, 0.2) is 0 Å². The summed E-state index contributed by atoms with van der Waals surface area (Å²) in [5.41, 5.74) is 1.24. The van der Waals surface area contributed by atoms with E-state index >= 15 is 0 Å². The van der Waals surface area contributed by atoms with E-state index in [2.05, 4.69) is 24.4 Å². The maximum atomic E-state index is 11.7. The Morgan fingerprint density at radius 2 is 2.00 bits per heavy atom. The van der Waals surface area contributed by atoms with Crippen molar-refractivity contribution < 1.29 is 9.21 Å². The van der Waals surface area contributed by atoms with Crippen molar-refractivity contribution in [2.24, 2.45) is 0 Å². The van der Waals surface area contributed by atoms with Crippen molar-refractivity contribution in [2.45, 2.75) is 25.7 Å². The maximum absolute atomic E-state index is 11.7. The van der Waals surface area contributed by atoms with Gasteiger partial charge in [-0.25, -0.2) is 0 Å². The predicted molar refractivity (Wildman–Crippen MR) is 74.9 cm³/mol. The summed E-state index contributed by atoms with van der Waals surface area (Å²) in [5, 5.41) is 2.96. The second-order valence-electron chi connectivity index (χ2n) is 4.70. The molecule has 0 saturated heterocycles. The Morgan fingerprint density at radius 3 is 2.68 bits per heavy atom. The number of hydrogen-bond donors (Lipinski definition) is 1. The molecule has 3 heteroatoms. The number of amides is 1. The number of carbonyl (C=O) groups is 1. The van der Waals surface area contributed by atoms with Crippen LogP contribution in [0.25, 0.3) is 0 Å². The molecule has 0 bridgehead atoms. The Hall–Kier alpha value is -2.03. The number of benzene rings is 1. The Kier molecular flexibility index (Phi) is 4.78. The third-order valence-corrected chi connectivity index (χ3v) is 3.15. The lowest BCUT2D eigenvalue weighted by atomic mass is 10.0. The Bertz CT molecular complexity index is 491. The van der Waals surface area contributed by atoms with Gasteiger partial charge in [-0.05, 0) is 23.6 Å². The Morgan fingerprint density at radius 1 is 1.21 bits per heavy atom. The first-order valence-electron chi connectivity index (χ1n) is 6.59. The fraction of sp³-hybridized carbons (Fsp3) is 0.312. The molecule has 0 spiro atoms. The summed E-state index contributed by atoms with van der Waals surface area (Å²) in [6.45, 7) is 2.78. The van der Waals surface area contributed by atoms with Crippen LogP contribution < -0.4 is 5.32 Å². The largest absolute Gasteiger partial charge is 0.469 e. The topological polar surface area (TPSA) is 42.2 Å². The van der Waals surface area contributed by atoms with Gasteiger partial charge in [0.2, 0.25) is 5.91 Å². The molecule has 0 aliphatic carbocycles. The molecule has 0 radical (unpaired) electrons. The highest BCUT2D eigenvalue weighted by Gasteiger charge is 2.08. The van der Waals surface area contributed by atoms with Crippen molar-refractivity contribution in [3.05, 3.63) is 60.1 Å². The first-order valence-corrected chi connectivity index (χ1v) is 6.59. The van der Waals surface area contributed by atoms with Crippen LogP contribution in [0.4, 0.5) is 0 Å². The molecular weight excluding hydrogens is 238 g/mol. The monoisotopic (exact) mass is 257 g/mol. The van der Waals surface area contributed by atoms with Gasteiger partial charge in [0, 0.05) is 19.4 Å². The SMILES string of the molecule is CC(CNC(=O)CCc1ccco1)c1ccccc1. The maximum Gasteiger partial charge on any atom is 0.220 e. The van der Waals surface area contributed by atoms with Crippen molar-refractivity contribution >= 4 is 5.91 Å². The third-order valence-electron chi connectivity index (χ3n) is 3.15. The fourth-order valence-electron chi connectivity index (χ4n) is 1.95. The second-order valence-corrected chi connectivity index (χ2v) is 4.70. The van der Waals surface area contributed by atoms with Crippen LogP contribution in [0.5, 0.6) is 0 Å². The zero-order valence-electron chi connectivity index (χ0n) is 11.1. The zero-order valence-corrected chi connectivity index (χ0v) is 11.1. The molecule has 0 aliphatic rings. The Labute approximate surface area is 113 Å². The van der Waals surface area contributed by atoms with Gasteiger partial charge in [0.05, 0.1) is 6.26 Å². The summed E-state index contributed by atoms with van der Waals surface area (Å²) < 4.78 is 5.20. The molecular formula is C16H19NO2. The molecule has 3 nitrogen and oxygen atoms in total. The number of hydrogen-bond acceptors (Lipinski definition) is 2. The molecule has 1 aromatic carbocycles. The van der Waals surface area contributed by atoms with E-state index in [1.165, 1.54) is 5.56 Å². The minimum absolute atomic E-state index is 0.0687. The van der Waals surface area contributed by atoms with E-state index in [-0.39, 0.29) is 5.91 Å². The summed E-state index contributed by atoms with van der Waals surface area (Å²) in [7, 11) is 0. The molecule has 1 amide bonds. The van der Waals surface area contributed by atoms with Crippen LogP contribution in [0.1, 0.15) is 30.6 Å². The van der Waals surface area contributed by atoms with E-state index in [0.717, 1.165) is 5.76 Å². The molecule has 1 heterocycles. The van der Waals surface area contributed by atoms with Crippen molar-refractivity contribution in [3.63, 3.8) is 0 Å². The van der Waals surface area contributed by atoms with Gasteiger partial charge in [0.25, 0.3) is 0 Å². The number of nitrogens with one attached hydrogen (secondary N) is 1. The highest BCUT2D eigenvalue weighted by Crippen LogP contribution is 2.13. The summed E-state index contributed by atoms with van der Waals surface area (Å²) in [6, 6.07) is 13.9. The highest BCUT2D eigenvalue weighted by molar-refractivity contribution is 5.76. The fourth-order valence-corrected chi connectivity index (χ4v) is 1.95. The second kappa shape index (κ2) is 6.78. The summed E-state index contributed by atoms with van der Waals surface area (Å²) in [5.74, 6) is 1.25. The molecule has 1 N–H and O–H groups in total. The molecule has 19 heavy (non-hydrogen) atoms. The van der Waals surface area contributed by atoms with Gasteiger partial charge in [-0.15, -0.1) is 0 Å². The van der Waals surface area contributed by atoms with Gasteiger partial charge in [-0.2, -0.15) is 0 Å². The van der Waals surface area contributed by atoms with Crippen molar-refractivity contribution in [2.75, 3.05) is 6.54 Å². The summed E-state index contributed by atoms with van der Waals surface area (Å²) >= 11 is 0. The van der Waals surface area contributed by atoms with Crippen LogP contribution in [-0.2, 0) is 11.2 Å². The van der Waals surface area contributed by atoms with Crippen LogP contribution in [0.2, 0.25) is 0 Å². The van der Waals surface area contributed by atoms with E-state index in [0.29, 0.717) is 25.3 Å². The predicted octanol–water partition coefficient (Wildman–Crippen LogP) is 3.13. The van der Waals surface area contributed by atoms with E-state index in [9.17, 15) is 4.79 Å². The van der Waals surface area contributed by atoms with Crippen LogP contribution in [-0.4, -0.2) is 12.5 Å². The van der Waals surface area contributed by atoms with Crippen LogP contribution >= 0.6 is 0 Å². The molecule has 1 aromatic heterocycles. The minimum atomic E-state index is 0.0687. The van der Waals surface area contributed by atoms with E-state index in [1.54, 1.807) is 6.26 Å². The van der Waals surface area contributed by atoms with Gasteiger partial charge < -0.3 is 9.73 Å². The first-order chi connectivity index (χ1) is 9.25. The number of carbonyl (C=O) groups excluding carboxylic acids is 1.